The summed E-state index contributed by atoms with van der Waals surface area (Å²) in [6.07, 6.45) is 6.34. The number of nitrogens with two attached hydrogens (primary N) is 1. The van der Waals surface area contributed by atoms with Crippen LogP contribution in [0.1, 0.15) is 36.8 Å². The molecule has 1 aliphatic heterocycles. The van der Waals surface area contributed by atoms with Crippen LogP contribution in [0.25, 0.3) is 0 Å². The Morgan fingerprint density at radius 2 is 2.19 bits per heavy atom. The second-order valence-electron chi connectivity index (χ2n) is 5.83. The van der Waals surface area contributed by atoms with E-state index in [1.807, 2.05) is 10.9 Å². The van der Waals surface area contributed by atoms with Crippen molar-refractivity contribution < 1.29 is 0 Å². The van der Waals surface area contributed by atoms with Crippen LogP contribution in [-0.4, -0.2) is 22.9 Å². The summed E-state index contributed by atoms with van der Waals surface area (Å²) in [5.74, 6) is 0.567. The van der Waals surface area contributed by atoms with Crippen LogP contribution < -0.4 is 10.6 Å². The van der Waals surface area contributed by atoms with Crippen LogP contribution in [0.5, 0.6) is 0 Å². The van der Waals surface area contributed by atoms with Crippen LogP contribution >= 0.6 is 0 Å². The second kappa shape index (κ2) is 6.31. The Morgan fingerprint density at radius 1 is 1.33 bits per heavy atom. The van der Waals surface area contributed by atoms with Gasteiger partial charge in [-0.25, -0.2) is 0 Å². The lowest BCUT2D eigenvalue weighted by molar-refractivity contribution is 0.601. The molecule has 2 N–H and O–H groups in total. The van der Waals surface area contributed by atoms with E-state index in [9.17, 15) is 0 Å². The summed E-state index contributed by atoms with van der Waals surface area (Å²) in [6, 6.07) is 8.72. The van der Waals surface area contributed by atoms with Gasteiger partial charge >= 0.3 is 0 Å². The Kier molecular flexibility index (Phi) is 4.25. The van der Waals surface area contributed by atoms with Crippen molar-refractivity contribution in [3.8, 4) is 0 Å². The molecule has 4 nitrogen and oxygen atoms in total. The lowest BCUT2D eigenvalue weighted by atomic mass is 9.98. The molecule has 1 atom stereocenters. The number of hydrogen-bond acceptors (Lipinski definition) is 3. The number of anilines is 1. The maximum Gasteiger partial charge on any atom is 0.0539 e. The Labute approximate surface area is 126 Å². The molecule has 4 heteroatoms. The van der Waals surface area contributed by atoms with Crippen molar-refractivity contribution in [1.82, 2.24) is 9.78 Å². The molecule has 112 valence electrons. The minimum absolute atomic E-state index is 0.567. The Balaban J connectivity index is 1.76. The Bertz CT molecular complexity index is 590. The van der Waals surface area contributed by atoms with E-state index in [0.29, 0.717) is 5.92 Å². The van der Waals surface area contributed by atoms with E-state index in [-0.39, 0.29) is 0 Å². The molecule has 0 radical (unpaired) electrons. The standard InChI is InChI=1S/C17H24N4/c1-2-9-21-12-14(10-19-21)11-20-13-15(7-8-18)16-5-3-4-6-17(16)20/h3-6,10,12,15H,2,7-9,11,13,18H2,1H3. The fourth-order valence-electron chi connectivity index (χ4n) is 3.24. The topological polar surface area (TPSA) is 47.1 Å². The summed E-state index contributed by atoms with van der Waals surface area (Å²) in [7, 11) is 0. The number of hydrogen-bond donors (Lipinski definition) is 1. The van der Waals surface area contributed by atoms with Gasteiger partial charge in [0.1, 0.15) is 0 Å². The zero-order valence-corrected chi connectivity index (χ0v) is 12.7. The number of aryl methyl sites for hydroxylation is 1. The van der Waals surface area contributed by atoms with Gasteiger partial charge in [0.15, 0.2) is 0 Å². The minimum Gasteiger partial charge on any atom is -0.366 e. The molecule has 1 aliphatic rings. The lowest BCUT2D eigenvalue weighted by Gasteiger charge is -2.19. The maximum atomic E-state index is 5.77. The van der Waals surface area contributed by atoms with Gasteiger partial charge in [0.05, 0.1) is 6.20 Å². The molecule has 0 fully saturated rings. The molecule has 0 saturated carbocycles. The molecule has 21 heavy (non-hydrogen) atoms. The number of aromatic nitrogens is 2. The summed E-state index contributed by atoms with van der Waals surface area (Å²) < 4.78 is 2.04. The fourth-order valence-corrected chi connectivity index (χ4v) is 3.24. The van der Waals surface area contributed by atoms with E-state index in [2.05, 4.69) is 47.4 Å². The quantitative estimate of drug-likeness (QED) is 0.887. The average Bonchev–Trinajstić information content (AvgIpc) is 3.07. The smallest absolute Gasteiger partial charge is 0.0539 e. The SMILES string of the molecule is CCCn1cc(CN2CC(CCN)c3ccccc32)cn1. The molecule has 2 heterocycles. The Hall–Kier alpha value is -1.81. The highest BCUT2D eigenvalue weighted by atomic mass is 15.3. The molecule has 2 aromatic rings. The van der Waals surface area contributed by atoms with E-state index in [0.717, 1.165) is 39.0 Å². The highest BCUT2D eigenvalue weighted by Crippen LogP contribution is 2.38. The third kappa shape index (κ3) is 2.95. The van der Waals surface area contributed by atoms with Crippen molar-refractivity contribution in [3.63, 3.8) is 0 Å². The summed E-state index contributed by atoms with van der Waals surface area (Å²) in [5, 5.41) is 4.43. The van der Waals surface area contributed by atoms with Gasteiger partial charge in [0, 0.05) is 43.0 Å². The molecular weight excluding hydrogens is 260 g/mol. The van der Waals surface area contributed by atoms with Crippen LogP contribution in [0.3, 0.4) is 0 Å². The molecule has 1 unspecified atom stereocenters. The number of benzene rings is 1. The summed E-state index contributed by atoms with van der Waals surface area (Å²) in [5.41, 5.74) is 9.86. The maximum absolute atomic E-state index is 5.77. The molecule has 1 aromatic heterocycles. The molecule has 3 rings (SSSR count). The largest absolute Gasteiger partial charge is 0.366 e. The highest BCUT2D eigenvalue weighted by molar-refractivity contribution is 5.60. The van der Waals surface area contributed by atoms with E-state index >= 15 is 0 Å². The van der Waals surface area contributed by atoms with Crippen molar-refractivity contribution in [2.24, 2.45) is 5.73 Å². The van der Waals surface area contributed by atoms with Crippen LogP contribution in [0, 0.1) is 0 Å². The lowest BCUT2D eigenvalue weighted by Crippen LogP contribution is -2.21. The van der Waals surface area contributed by atoms with Crippen molar-refractivity contribution in [1.29, 1.82) is 0 Å². The molecule has 0 spiro atoms. The van der Waals surface area contributed by atoms with Gasteiger partial charge in [0.2, 0.25) is 0 Å². The summed E-state index contributed by atoms with van der Waals surface area (Å²) >= 11 is 0. The van der Waals surface area contributed by atoms with Crippen LogP contribution in [-0.2, 0) is 13.1 Å². The number of nitrogens with zero attached hydrogens (tertiary/aromatic N) is 3. The minimum atomic E-state index is 0.567. The highest BCUT2D eigenvalue weighted by Gasteiger charge is 2.27. The van der Waals surface area contributed by atoms with Gasteiger partial charge in [0.25, 0.3) is 0 Å². The summed E-state index contributed by atoms with van der Waals surface area (Å²) in [6.45, 7) is 5.92. The first-order valence-corrected chi connectivity index (χ1v) is 7.87. The number of para-hydroxylation sites is 1. The molecule has 0 saturated heterocycles. The van der Waals surface area contributed by atoms with Gasteiger partial charge in [-0.3, -0.25) is 4.68 Å². The van der Waals surface area contributed by atoms with Crippen LogP contribution in [0.4, 0.5) is 5.69 Å². The number of rotatable bonds is 6. The van der Waals surface area contributed by atoms with Crippen molar-refractivity contribution in [2.45, 2.75) is 38.8 Å². The predicted molar refractivity (Wildman–Crippen MR) is 86.4 cm³/mol. The van der Waals surface area contributed by atoms with E-state index in [1.54, 1.807) is 0 Å². The molecule has 0 bridgehead atoms. The third-order valence-electron chi connectivity index (χ3n) is 4.19. The monoisotopic (exact) mass is 284 g/mol. The first-order chi connectivity index (χ1) is 10.3. The molecule has 1 aromatic carbocycles. The zero-order chi connectivity index (χ0) is 14.7. The van der Waals surface area contributed by atoms with Gasteiger partial charge < -0.3 is 10.6 Å². The van der Waals surface area contributed by atoms with Gasteiger partial charge in [-0.1, -0.05) is 25.1 Å². The van der Waals surface area contributed by atoms with Crippen molar-refractivity contribution in [3.05, 3.63) is 47.8 Å². The predicted octanol–water partition coefficient (Wildman–Crippen LogP) is 2.75. The fraction of sp³-hybridized carbons (Fsp3) is 0.471. The van der Waals surface area contributed by atoms with E-state index in [1.165, 1.54) is 16.8 Å². The van der Waals surface area contributed by atoms with Gasteiger partial charge in [-0.05, 0) is 31.0 Å². The second-order valence-corrected chi connectivity index (χ2v) is 5.83. The summed E-state index contributed by atoms with van der Waals surface area (Å²) in [4.78, 5) is 2.46. The number of fused-ring (bicyclic) bond motifs is 1. The van der Waals surface area contributed by atoms with Gasteiger partial charge in [-0.15, -0.1) is 0 Å². The van der Waals surface area contributed by atoms with Crippen LogP contribution in [0.15, 0.2) is 36.7 Å². The Morgan fingerprint density at radius 3 is 3.00 bits per heavy atom. The van der Waals surface area contributed by atoms with Crippen LogP contribution in [0.2, 0.25) is 0 Å². The van der Waals surface area contributed by atoms with Gasteiger partial charge in [-0.2, -0.15) is 5.10 Å². The van der Waals surface area contributed by atoms with Crippen molar-refractivity contribution in [2.75, 3.05) is 18.0 Å². The van der Waals surface area contributed by atoms with E-state index < -0.39 is 0 Å². The molecule has 0 amide bonds. The average molecular weight is 284 g/mol. The normalized spacial score (nSPS) is 17.2. The first-order valence-electron chi connectivity index (χ1n) is 7.87. The third-order valence-corrected chi connectivity index (χ3v) is 4.19. The zero-order valence-electron chi connectivity index (χ0n) is 12.7. The first kappa shape index (κ1) is 14.1. The van der Waals surface area contributed by atoms with E-state index in [4.69, 9.17) is 5.73 Å². The molecule has 0 aliphatic carbocycles. The molecular formula is C17H24N4. The van der Waals surface area contributed by atoms with Crippen molar-refractivity contribution >= 4 is 5.69 Å².